The van der Waals surface area contributed by atoms with E-state index >= 15 is 0 Å². The van der Waals surface area contributed by atoms with E-state index in [-0.39, 0.29) is 12.3 Å². The molecule has 0 spiro atoms. The first-order valence-corrected chi connectivity index (χ1v) is 7.11. The average molecular weight is 290 g/mol. The lowest BCUT2D eigenvalue weighted by molar-refractivity contribution is -0.138. The second-order valence-corrected chi connectivity index (χ2v) is 5.73. The van der Waals surface area contributed by atoms with Crippen LogP contribution in [-0.2, 0) is 16.0 Å². The fourth-order valence-corrected chi connectivity index (χ4v) is 2.67. The number of hydrogen-bond acceptors (Lipinski definition) is 4. The van der Waals surface area contributed by atoms with Gasteiger partial charge >= 0.3 is 5.97 Å². The van der Waals surface area contributed by atoms with Crippen LogP contribution in [0.1, 0.15) is 36.5 Å². The highest BCUT2D eigenvalue weighted by Crippen LogP contribution is 2.30. The Morgan fingerprint density at radius 3 is 2.86 bits per heavy atom. The molecular formula is C15H18N2O4. The Hall–Kier alpha value is -1.92. The molecule has 2 unspecified atom stereocenters. The topological polar surface area (TPSA) is 98.7 Å². The van der Waals surface area contributed by atoms with Gasteiger partial charge in [-0.15, -0.1) is 0 Å². The van der Waals surface area contributed by atoms with Crippen molar-refractivity contribution >= 4 is 17.6 Å². The van der Waals surface area contributed by atoms with Crippen LogP contribution in [0.3, 0.4) is 0 Å². The molecule has 1 fully saturated rings. The highest BCUT2D eigenvalue weighted by atomic mass is 16.4. The van der Waals surface area contributed by atoms with Gasteiger partial charge in [0.25, 0.3) is 0 Å². The molecule has 6 heteroatoms. The normalized spacial score (nSPS) is 19.8. The molecule has 2 atom stereocenters. The predicted octanol–water partition coefficient (Wildman–Crippen LogP) is 0.810. The molecule has 1 aromatic rings. The Balaban J connectivity index is 1.78. The van der Waals surface area contributed by atoms with Gasteiger partial charge in [0.15, 0.2) is 0 Å². The maximum absolute atomic E-state index is 11.4. The molecule has 1 aromatic carbocycles. The van der Waals surface area contributed by atoms with Gasteiger partial charge in [0.2, 0.25) is 5.91 Å². The van der Waals surface area contributed by atoms with Crippen LogP contribution in [0.4, 0.5) is 5.69 Å². The van der Waals surface area contributed by atoms with Crippen molar-refractivity contribution < 1.29 is 19.8 Å². The van der Waals surface area contributed by atoms with Crippen LogP contribution in [0.25, 0.3) is 0 Å². The Morgan fingerprint density at radius 1 is 1.43 bits per heavy atom. The van der Waals surface area contributed by atoms with Gasteiger partial charge < -0.3 is 20.8 Å². The molecule has 6 nitrogen and oxygen atoms in total. The van der Waals surface area contributed by atoms with Crippen molar-refractivity contribution in [3.8, 4) is 0 Å². The summed E-state index contributed by atoms with van der Waals surface area (Å²) in [4.78, 5) is 22.3. The predicted molar refractivity (Wildman–Crippen MR) is 75.9 cm³/mol. The number of anilines is 1. The van der Waals surface area contributed by atoms with Crippen molar-refractivity contribution in [3.63, 3.8) is 0 Å². The van der Waals surface area contributed by atoms with Crippen LogP contribution in [0.2, 0.25) is 0 Å². The Labute approximate surface area is 122 Å². The Kier molecular flexibility index (Phi) is 3.65. The number of rotatable bonds is 6. The van der Waals surface area contributed by atoms with E-state index in [9.17, 15) is 14.7 Å². The van der Waals surface area contributed by atoms with Crippen LogP contribution in [0.5, 0.6) is 0 Å². The summed E-state index contributed by atoms with van der Waals surface area (Å²) in [6.07, 6.45) is 1.31. The molecule has 0 saturated heterocycles. The van der Waals surface area contributed by atoms with Crippen molar-refractivity contribution in [2.24, 2.45) is 0 Å². The molecule has 1 aliphatic heterocycles. The molecule has 112 valence electrons. The molecule has 2 aliphatic rings. The summed E-state index contributed by atoms with van der Waals surface area (Å²) >= 11 is 0. The number of carbonyl (C=O) groups excluding carboxylic acids is 1. The zero-order valence-corrected chi connectivity index (χ0v) is 11.5. The van der Waals surface area contributed by atoms with Crippen molar-refractivity contribution in [2.45, 2.75) is 43.9 Å². The van der Waals surface area contributed by atoms with E-state index in [0.29, 0.717) is 18.0 Å². The summed E-state index contributed by atoms with van der Waals surface area (Å²) in [5.74, 6) is -1.000. The third kappa shape index (κ3) is 3.22. The summed E-state index contributed by atoms with van der Waals surface area (Å²) in [5, 5.41) is 25.4. The van der Waals surface area contributed by atoms with Crippen molar-refractivity contribution in [3.05, 3.63) is 29.3 Å². The molecule has 0 aromatic heterocycles. The summed E-state index contributed by atoms with van der Waals surface area (Å²) in [7, 11) is 0. The van der Waals surface area contributed by atoms with Gasteiger partial charge in [0.05, 0.1) is 18.9 Å². The van der Waals surface area contributed by atoms with Crippen molar-refractivity contribution in [2.75, 3.05) is 5.32 Å². The standard InChI is InChI=1S/C15H18N2O4/c18-13-6-9-5-8(1-4-11(9)17-13)15(21)12(7-14(19)20)16-10-2-3-10/h1,4-5,10,12,15-16,21H,2-3,6-7H2,(H,17,18)(H,19,20). The van der Waals surface area contributed by atoms with E-state index in [4.69, 9.17) is 5.11 Å². The van der Waals surface area contributed by atoms with Crippen LogP contribution in [-0.4, -0.2) is 34.2 Å². The molecular weight excluding hydrogens is 272 g/mol. The van der Waals surface area contributed by atoms with Gasteiger partial charge in [-0.2, -0.15) is 0 Å². The highest BCUT2D eigenvalue weighted by Gasteiger charge is 2.31. The second kappa shape index (κ2) is 5.46. The van der Waals surface area contributed by atoms with Gasteiger partial charge in [0, 0.05) is 17.8 Å². The number of fused-ring (bicyclic) bond motifs is 1. The summed E-state index contributed by atoms with van der Waals surface area (Å²) in [6.45, 7) is 0. The summed E-state index contributed by atoms with van der Waals surface area (Å²) in [6, 6.07) is 5.06. The molecule has 1 amide bonds. The first-order chi connectivity index (χ1) is 10.0. The molecule has 4 N–H and O–H groups in total. The lowest BCUT2D eigenvalue weighted by Crippen LogP contribution is -2.38. The monoisotopic (exact) mass is 290 g/mol. The largest absolute Gasteiger partial charge is 0.481 e. The van der Waals surface area contributed by atoms with Crippen LogP contribution in [0.15, 0.2) is 18.2 Å². The molecule has 1 aliphatic carbocycles. The Bertz CT molecular complexity index is 583. The van der Waals surface area contributed by atoms with E-state index < -0.39 is 18.1 Å². The number of aliphatic carboxylic acids is 1. The number of carboxylic acids is 1. The maximum Gasteiger partial charge on any atom is 0.305 e. The lowest BCUT2D eigenvalue weighted by atomic mass is 9.97. The smallest absolute Gasteiger partial charge is 0.305 e. The number of amides is 1. The zero-order valence-electron chi connectivity index (χ0n) is 11.5. The van der Waals surface area contributed by atoms with E-state index in [0.717, 1.165) is 24.1 Å². The van der Waals surface area contributed by atoms with Crippen LogP contribution >= 0.6 is 0 Å². The number of aliphatic hydroxyl groups excluding tert-OH is 1. The highest BCUT2D eigenvalue weighted by molar-refractivity contribution is 5.99. The summed E-state index contributed by atoms with van der Waals surface area (Å²) in [5.41, 5.74) is 2.25. The molecule has 21 heavy (non-hydrogen) atoms. The van der Waals surface area contributed by atoms with Gasteiger partial charge in [-0.05, 0) is 30.0 Å². The zero-order chi connectivity index (χ0) is 15.0. The minimum atomic E-state index is -0.940. The number of aliphatic hydroxyl groups is 1. The number of benzene rings is 1. The first-order valence-electron chi connectivity index (χ1n) is 7.11. The SMILES string of the molecule is O=C(O)CC(NC1CC1)C(O)c1ccc2c(c1)CC(=O)N2. The fraction of sp³-hybridized carbons (Fsp3) is 0.467. The van der Waals surface area contributed by atoms with Gasteiger partial charge in [-0.3, -0.25) is 9.59 Å². The lowest BCUT2D eigenvalue weighted by Gasteiger charge is -2.23. The molecule has 3 rings (SSSR count). The summed E-state index contributed by atoms with van der Waals surface area (Å²) < 4.78 is 0. The van der Waals surface area contributed by atoms with Crippen molar-refractivity contribution in [1.29, 1.82) is 0 Å². The number of nitrogens with one attached hydrogen (secondary N) is 2. The Morgan fingerprint density at radius 2 is 2.19 bits per heavy atom. The van der Waals surface area contributed by atoms with Crippen molar-refractivity contribution in [1.82, 2.24) is 5.32 Å². The molecule has 0 bridgehead atoms. The first kappa shape index (κ1) is 14.0. The number of hydrogen-bond donors (Lipinski definition) is 4. The van der Waals surface area contributed by atoms with Crippen LogP contribution < -0.4 is 10.6 Å². The third-order valence-electron chi connectivity index (χ3n) is 3.90. The van der Waals surface area contributed by atoms with E-state index in [1.165, 1.54) is 0 Å². The maximum atomic E-state index is 11.4. The van der Waals surface area contributed by atoms with Crippen LogP contribution in [0, 0.1) is 0 Å². The van der Waals surface area contributed by atoms with Gasteiger partial charge in [-0.25, -0.2) is 0 Å². The van der Waals surface area contributed by atoms with Gasteiger partial charge in [-0.1, -0.05) is 12.1 Å². The quantitative estimate of drug-likeness (QED) is 0.621. The van der Waals surface area contributed by atoms with E-state index in [2.05, 4.69) is 10.6 Å². The molecule has 1 heterocycles. The van der Waals surface area contributed by atoms with E-state index in [1.54, 1.807) is 18.2 Å². The second-order valence-electron chi connectivity index (χ2n) is 5.73. The molecule has 1 saturated carbocycles. The minimum Gasteiger partial charge on any atom is -0.481 e. The average Bonchev–Trinajstić information content (AvgIpc) is 3.15. The molecule has 0 radical (unpaired) electrons. The number of carbonyl (C=O) groups is 2. The van der Waals surface area contributed by atoms with Gasteiger partial charge in [0.1, 0.15) is 0 Å². The number of carboxylic acid groups (broad SMARTS) is 1. The minimum absolute atomic E-state index is 0.0603. The van der Waals surface area contributed by atoms with E-state index in [1.807, 2.05) is 0 Å². The fourth-order valence-electron chi connectivity index (χ4n) is 2.67. The third-order valence-corrected chi connectivity index (χ3v) is 3.90.